The molecular weight excluding hydrogens is 268 g/mol. The fraction of sp³-hybridized carbons (Fsp3) is 0.385. The highest BCUT2D eigenvalue weighted by atomic mass is 35.5. The summed E-state index contributed by atoms with van der Waals surface area (Å²) in [6.07, 6.45) is 3.42. The highest BCUT2D eigenvalue weighted by Crippen LogP contribution is 2.35. The van der Waals surface area contributed by atoms with E-state index < -0.39 is 0 Å². The molecule has 1 amide bonds. The summed E-state index contributed by atoms with van der Waals surface area (Å²) in [5.74, 6) is 1.09. The Kier molecular flexibility index (Phi) is 4.27. The van der Waals surface area contributed by atoms with Crippen molar-refractivity contribution in [2.24, 2.45) is 11.0 Å². The minimum atomic E-state index is -0.0391. The standard InChI is InChI=1S/C13H15ClN2O3/c1-18-11-6-8(5-10(14)12(11)19-2)7-15-16-13(17)9-3-4-9/h5-7,9H,3-4H2,1-2H3,(H,16,17)/b15-7+. The van der Waals surface area contributed by atoms with Crippen molar-refractivity contribution in [3.63, 3.8) is 0 Å². The van der Waals surface area contributed by atoms with Gasteiger partial charge in [0.2, 0.25) is 5.91 Å². The van der Waals surface area contributed by atoms with Crippen LogP contribution >= 0.6 is 11.6 Å². The van der Waals surface area contributed by atoms with Crippen LogP contribution in [0.3, 0.4) is 0 Å². The average Bonchev–Trinajstić information content (AvgIpc) is 3.22. The third-order valence-electron chi connectivity index (χ3n) is 2.79. The van der Waals surface area contributed by atoms with Crippen LogP contribution < -0.4 is 14.9 Å². The second kappa shape index (κ2) is 5.93. The first-order valence-electron chi connectivity index (χ1n) is 5.90. The maximum absolute atomic E-state index is 11.4. The van der Waals surface area contributed by atoms with E-state index in [-0.39, 0.29) is 11.8 Å². The lowest BCUT2D eigenvalue weighted by atomic mass is 10.2. The van der Waals surface area contributed by atoms with Gasteiger partial charge in [-0.1, -0.05) is 11.6 Å². The third-order valence-corrected chi connectivity index (χ3v) is 3.07. The predicted octanol–water partition coefficient (Wildman–Crippen LogP) is 2.22. The molecule has 6 heteroatoms. The molecule has 5 nitrogen and oxygen atoms in total. The number of carbonyl (C=O) groups excluding carboxylic acids is 1. The van der Waals surface area contributed by atoms with Gasteiger partial charge in [0.1, 0.15) is 0 Å². The molecule has 0 unspecified atom stereocenters. The van der Waals surface area contributed by atoms with Crippen LogP contribution in [0.4, 0.5) is 0 Å². The van der Waals surface area contributed by atoms with Crippen molar-refractivity contribution in [2.75, 3.05) is 14.2 Å². The molecule has 0 aromatic heterocycles. The van der Waals surface area contributed by atoms with Gasteiger partial charge in [0.15, 0.2) is 11.5 Å². The van der Waals surface area contributed by atoms with E-state index in [0.717, 1.165) is 18.4 Å². The molecule has 0 bridgehead atoms. The van der Waals surface area contributed by atoms with Crippen LogP contribution in [0, 0.1) is 5.92 Å². The number of benzene rings is 1. The van der Waals surface area contributed by atoms with Crippen LogP contribution in [-0.2, 0) is 4.79 Å². The summed E-state index contributed by atoms with van der Waals surface area (Å²) in [5.41, 5.74) is 3.22. The molecule has 1 aliphatic rings. The molecule has 1 saturated carbocycles. The van der Waals surface area contributed by atoms with Crippen molar-refractivity contribution in [1.29, 1.82) is 0 Å². The summed E-state index contributed by atoms with van der Waals surface area (Å²) in [6, 6.07) is 3.42. The predicted molar refractivity (Wildman–Crippen MR) is 73.0 cm³/mol. The summed E-state index contributed by atoms with van der Waals surface area (Å²) in [6.45, 7) is 0. The van der Waals surface area contributed by atoms with E-state index in [4.69, 9.17) is 21.1 Å². The second-order valence-corrected chi connectivity index (χ2v) is 4.65. The molecule has 0 heterocycles. The van der Waals surface area contributed by atoms with E-state index in [1.165, 1.54) is 20.4 Å². The Hall–Kier alpha value is -1.75. The first-order chi connectivity index (χ1) is 9.15. The van der Waals surface area contributed by atoms with Crippen LogP contribution in [0.5, 0.6) is 11.5 Å². The highest BCUT2D eigenvalue weighted by Gasteiger charge is 2.29. The number of hydrazone groups is 1. The third kappa shape index (κ3) is 3.38. The largest absolute Gasteiger partial charge is 0.493 e. The minimum Gasteiger partial charge on any atom is -0.493 e. The molecule has 0 atom stereocenters. The second-order valence-electron chi connectivity index (χ2n) is 4.25. The number of hydrogen-bond donors (Lipinski definition) is 1. The van der Waals surface area contributed by atoms with E-state index in [2.05, 4.69) is 10.5 Å². The van der Waals surface area contributed by atoms with Crippen molar-refractivity contribution in [3.05, 3.63) is 22.7 Å². The zero-order valence-electron chi connectivity index (χ0n) is 10.8. The molecule has 0 spiro atoms. The summed E-state index contributed by atoms with van der Waals surface area (Å²) < 4.78 is 10.3. The number of ether oxygens (including phenoxy) is 2. The van der Waals surface area contributed by atoms with Crippen molar-refractivity contribution in [3.8, 4) is 11.5 Å². The number of carbonyl (C=O) groups is 1. The molecular formula is C13H15ClN2O3. The average molecular weight is 283 g/mol. The summed E-state index contributed by atoms with van der Waals surface area (Å²) in [5, 5.41) is 4.32. The van der Waals surface area contributed by atoms with Crippen LogP contribution in [-0.4, -0.2) is 26.3 Å². The molecule has 102 valence electrons. The maximum atomic E-state index is 11.4. The minimum absolute atomic E-state index is 0.0391. The van der Waals surface area contributed by atoms with Crippen molar-refractivity contribution in [2.45, 2.75) is 12.8 Å². The molecule has 1 aromatic rings. The highest BCUT2D eigenvalue weighted by molar-refractivity contribution is 6.32. The number of halogens is 1. The number of nitrogens with zero attached hydrogens (tertiary/aromatic N) is 1. The number of nitrogens with one attached hydrogen (secondary N) is 1. The molecule has 2 rings (SSSR count). The van der Waals surface area contributed by atoms with Crippen molar-refractivity contribution in [1.82, 2.24) is 5.43 Å². The van der Waals surface area contributed by atoms with E-state index in [0.29, 0.717) is 16.5 Å². The Labute approximate surface area is 116 Å². The first kappa shape index (κ1) is 13.7. The number of methoxy groups -OCH3 is 2. The molecule has 0 saturated heterocycles. The zero-order valence-corrected chi connectivity index (χ0v) is 11.5. The zero-order chi connectivity index (χ0) is 13.8. The Balaban J connectivity index is 2.09. The van der Waals surface area contributed by atoms with Gasteiger partial charge < -0.3 is 9.47 Å². The van der Waals surface area contributed by atoms with Gasteiger partial charge in [-0.3, -0.25) is 4.79 Å². The topological polar surface area (TPSA) is 59.9 Å². The van der Waals surface area contributed by atoms with Gasteiger partial charge in [0, 0.05) is 5.92 Å². The summed E-state index contributed by atoms with van der Waals surface area (Å²) >= 11 is 6.06. The van der Waals surface area contributed by atoms with Crippen LogP contribution in [0.1, 0.15) is 18.4 Å². The van der Waals surface area contributed by atoms with Crippen LogP contribution in [0.2, 0.25) is 5.02 Å². The Bertz CT molecular complexity index is 513. The number of hydrogen-bond acceptors (Lipinski definition) is 4. The lowest BCUT2D eigenvalue weighted by molar-refractivity contribution is -0.122. The first-order valence-corrected chi connectivity index (χ1v) is 6.28. The van der Waals surface area contributed by atoms with Gasteiger partial charge in [0.05, 0.1) is 25.5 Å². The fourth-order valence-electron chi connectivity index (χ4n) is 1.62. The SMILES string of the molecule is COc1cc(/C=N/NC(=O)C2CC2)cc(Cl)c1OC. The van der Waals surface area contributed by atoms with Gasteiger partial charge in [0.25, 0.3) is 0 Å². The smallest absolute Gasteiger partial charge is 0.243 e. The normalized spacial score (nSPS) is 14.5. The Morgan fingerprint density at radius 3 is 2.74 bits per heavy atom. The van der Waals surface area contributed by atoms with E-state index in [1.807, 2.05) is 0 Å². The Morgan fingerprint density at radius 2 is 2.16 bits per heavy atom. The summed E-state index contributed by atoms with van der Waals surface area (Å²) in [7, 11) is 3.05. The molecule has 1 N–H and O–H groups in total. The molecule has 19 heavy (non-hydrogen) atoms. The molecule has 0 aliphatic heterocycles. The van der Waals surface area contributed by atoms with Crippen molar-refractivity contribution < 1.29 is 14.3 Å². The van der Waals surface area contributed by atoms with E-state index >= 15 is 0 Å². The molecule has 1 aromatic carbocycles. The Morgan fingerprint density at radius 1 is 1.42 bits per heavy atom. The molecule has 0 radical (unpaired) electrons. The van der Waals surface area contributed by atoms with Crippen LogP contribution in [0.25, 0.3) is 0 Å². The number of amides is 1. The van der Waals surface area contributed by atoms with Crippen molar-refractivity contribution >= 4 is 23.7 Å². The quantitative estimate of drug-likeness (QED) is 0.665. The van der Waals surface area contributed by atoms with Gasteiger partial charge in [-0.05, 0) is 30.5 Å². The van der Waals surface area contributed by atoms with Crippen LogP contribution in [0.15, 0.2) is 17.2 Å². The lowest BCUT2D eigenvalue weighted by Crippen LogP contribution is -2.18. The number of rotatable bonds is 5. The van der Waals surface area contributed by atoms with E-state index in [9.17, 15) is 4.79 Å². The summed E-state index contributed by atoms with van der Waals surface area (Å²) in [4.78, 5) is 11.4. The van der Waals surface area contributed by atoms with E-state index in [1.54, 1.807) is 12.1 Å². The van der Waals surface area contributed by atoms with Gasteiger partial charge in [-0.2, -0.15) is 5.10 Å². The van der Waals surface area contributed by atoms with Gasteiger partial charge in [-0.15, -0.1) is 0 Å². The monoisotopic (exact) mass is 282 g/mol. The van der Waals surface area contributed by atoms with Gasteiger partial charge in [-0.25, -0.2) is 5.43 Å². The lowest BCUT2D eigenvalue weighted by Gasteiger charge is -2.09. The maximum Gasteiger partial charge on any atom is 0.243 e. The fourth-order valence-corrected chi connectivity index (χ4v) is 1.92. The van der Waals surface area contributed by atoms with Gasteiger partial charge >= 0.3 is 0 Å². The molecule has 1 fully saturated rings. The molecule has 1 aliphatic carbocycles.